The molecule has 25 heavy (non-hydrogen) atoms. The van der Waals surface area contributed by atoms with Crippen LogP contribution in [0.5, 0.6) is 0 Å². The summed E-state index contributed by atoms with van der Waals surface area (Å²) in [5, 5.41) is 5.20. The summed E-state index contributed by atoms with van der Waals surface area (Å²) in [5.74, 6) is -0.726. The fourth-order valence-electron chi connectivity index (χ4n) is 2.38. The van der Waals surface area contributed by atoms with Crippen molar-refractivity contribution in [3.05, 3.63) is 28.7 Å². The molecule has 0 fully saturated rings. The fraction of sp³-hybridized carbons (Fsp3) is 0.438. The van der Waals surface area contributed by atoms with Gasteiger partial charge in [-0.1, -0.05) is 13.8 Å². The van der Waals surface area contributed by atoms with Crippen LogP contribution in [0.1, 0.15) is 13.8 Å². The topological polar surface area (TPSA) is 111 Å². The Balaban J connectivity index is 0.00000312. The number of fused-ring (bicyclic) bond motifs is 1. The standard InChI is InChI=1S/C16H23N5O3.ClH/c1-9(2)14(17)15(23)18-8-13(22)19-10-5-6-11-12(7-10)21(4)16(24)20(11)3;/h5-7,9,14H,8,17H2,1-4H3,(H,18,23)(H,19,22);1H/t14-;/m0./s1. The van der Waals surface area contributed by atoms with Crippen LogP contribution in [0.15, 0.2) is 23.0 Å². The second kappa shape index (κ2) is 8.17. The van der Waals surface area contributed by atoms with Gasteiger partial charge in [0.2, 0.25) is 11.8 Å². The molecule has 1 aromatic carbocycles. The van der Waals surface area contributed by atoms with Gasteiger partial charge in [0, 0.05) is 19.8 Å². The zero-order chi connectivity index (χ0) is 18.0. The van der Waals surface area contributed by atoms with Crippen LogP contribution < -0.4 is 22.1 Å². The Hall–Kier alpha value is -2.32. The number of hydrogen-bond donors (Lipinski definition) is 3. The highest BCUT2D eigenvalue weighted by Gasteiger charge is 2.17. The van der Waals surface area contributed by atoms with Gasteiger partial charge in [-0.25, -0.2) is 4.79 Å². The predicted octanol–water partition coefficient (Wildman–Crippen LogP) is 0.337. The lowest BCUT2D eigenvalue weighted by Gasteiger charge is -2.15. The molecule has 8 nitrogen and oxygen atoms in total. The second-order valence-corrected chi connectivity index (χ2v) is 6.14. The first-order valence-electron chi connectivity index (χ1n) is 7.71. The van der Waals surface area contributed by atoms with Crippen molar-refractivity contribution in [1.82, 2.24) is 14.5 Å². The second-order valence-electron chi connectivity index (χ2n) is 6.14. The molecular formula is C16H24ClN5O3. The molecule has 0 aliphatic heterocycles. The maximum atomic E-state index is 12.0. The third-order valence-electron chi connectivity index (χ3n) is 4.00. The van der Waals surface area contributed by atoms with Gasteiger partial charge in [0.25, 0.3) is 0 Å². The first-order valence-corrected chi connectivity index (χ1v) is 7.71. The number of anilines is 1. The molecule has 0 radical (unpaired) electrons. The number of amides is 2. The Morgan fingerprint density at radius 3 is 2.36 bits per heavy atom. The number of aryl methyl sites for hydroxylation is 2. The molecular weight excluding hydrogens is 346 g/mol. The highest BCUT2D eigenvalue weighted by atomic mass is 35.5. The van der Waals surface area contributed by atoms with Crippen molar-refractivity contribution in [2.45, 2.75) is 19.9 Å². The van der Waals surface area contributed by atoms with Crippen molar-refractivity contribution in [3.8, 4) is 0 Å². The number of halogens is 1. The van der Waals surface area contributed by atoms with E-state index in [2.05, 4.69) is 10.6 Å². The first kappa shape index (κ1) is 20.7. The molecule has 4 N–H and O–H groups in total. The Kier molecular flexibility index (Phi) is 6.78. The Morgan fingerprint density at radius 2 is 1.76 bits per heavy atom. The van der Waals surface area contributed by atoms with Gasteiger partial charge in [0.05, 0.1) is 23.6 Å². The molecule has 1 heterocycles. The smallest absolute Gasteiger partial charge is 0.328 e. The zero-order valence-electron chi connectivity index (χ0n) is 14.7. The van der Waals surface area contributed by atoms with Gasteiger partial charge >= 0.3 is 5.69 Å². The molecule has 2 aromatic rings. The van der Waals surface area contributed by atoms with Crippen molar-refractivity contribution < 1.29 is 9.59 Å². The summed E-state index contributed by atoms with van der Waals surface area (Å²) in [7, 11) is 3.36. The number of rotatable bonds is 5. The lowest BCUT2D eigenvalue weighted by atomic mass is 10.1. The lowest BCUT2D eigenvalue weighted by Crippen LogP contribution is -2.46. The van der Waals surface area contributed by atoms with Gasteiger partial charge in [0.1, 0.15) is 0 Å². The number of carbonyl (C=O) groups excluding carboxylic acids is 2. The highest BCUT2D eigenvalue weighted by Crippen LogP contribution is 2.17. The largest absolute Gasteiger partial charge is 0.346 e. The maximum absolute atomic E-state index is 12.0. The van der Waals surface area contributed by atoms with E-state index < -0.39 is 6.04 Å². The van der Waals surface area contributed by atoms with Crippen LogP contribution in [0.4, 0.5) is 5.69 Å². The lowest BCUT2D eigenvalue weighted by molar-refractivity contribution is -0.125. The van der Waals surface area contributed by atoms with Crippen molar-refractivity contribution in [3.63, 3.8) is 0 Å². The van der Waals surface area contributed by atoms with Gasteiger partial charge in [0.15, 0.2) is 0 Å². The van der Waals surface area contributed by atoms with Crippen LogP contribution in [0.2, 0.25) is 0 Å². The Bertz CT molecular complexity index is 840. The van der Waals surface area contributed by atoms with E-state index >= 15 is 0 Å². The fourth-order valence-corrected chi connectivity index (χ4v) is 2.38. The number of nitrogens with one attached hydrogen (secondary N) is 2. The Morgan fingerprint density at radius 1 is 1.16 bits per heavy atom. The summed E-state index contributed by atoms with van der Waals surface area (Å²) >= 11 is 0. The molecule has 0 aliphatic rings. The van der Waals surface area contributed by atoms with E-state index in [1.54, 1.807) is 32.3 Å². The zero-order valence-corrected chi connectivity index (χ0v) is 15.5. The van der Waals surface area contributed by atoms with Crippen LogP contribution in [-0.2, 0) is 23.7 Å². The van der Waals surface area contributed by atoms with Gasteiger partial charge in [-0.15, -0.1) is 12.4 Å². The predicted molar refractivity (Wildman–Crippen MR) is 99.9 cm³/mol. The number of nitrogens with two attached hydrogens (primary N) is 1. The van der Waals surface area contributed by atoms with Crippen molar-refractivity contribution in [1.29, 1.82) is 0 Å². The highest BCUT2D eigenvalue weighted by molar-refractivity contribution is 5.96. The van der Waals surface area contributed by atoms with Crippen LogP contribution in [-0.4, -0.2) is 33.5 Å². The first-order chi connectivity index (χ1) is 11.2. The SMILES string of the molecule is CC(C)[C@H](N)C(=O)NCC(=O)Nc1ccc2c(c1)n(C)c(=O)n2C.Cl. The van der Waals surface area contributed by atoms with Crippen LogP contribution >= 0.6 is 12.4 Å². The van der Waals surface area contributed by atoms with Crippen LogP contribution in [0.25, 0.3) is 11.0 Å². The van der Waals surface area contributed by atoms with Gasteiger partial charge in [-0.2, -0.15) is 0 Å². The molecule has 1 atom stereocenters. The molecule has 138 valence electrons. The van der Waals surface area contributed by atoms with Crippen molar-refractivity contribution in [2.75, 3.05) is 11.9 Å². The third kappa shape index (κ3) is 4.40. The van der Waals surface area contributed by atoms with E-state index in [4.69, 9.17) is 5.73 Å². The quantitative estimate of drug-likeness (QED) is 0.705. The summed E-state index contributed by atoms with van der Waals surface area (Å²) in [5.41, 5.74) is 7.62. The molecule has 0 aliphatic carbocycles. The van der Waals surface area contributed by atoms with E-state index in [9.17, 15) is 14.4 Å². The van der Waals surface area contributed by atoms with E-state index in [1.165, 1.54) is 9.13 Å². The number of aromatic nitrogens is 2. The van der Waals surface area contributed by atoms with E-state index in [-0.39, 0.29) is 42.4 Å². The third-order valence-corrected chi connectivity index (χ3v) is 4.00. The van der Waals surface area contributed by atoms with Crippen molar-refractivity contribution in [2.24, 2.45) is 25.7 Å². The molecule has 2 rings (SSSR count). The van der Waals surface area contributed by atoms with E-state index in [0.29, 0.717) is 11.2 Å². The molecule has 2 amide bonds. The molecule has 0 unspecified atom stereocenters. The number of benzene rings is 1. The van der Waals surface area contributed by atoms with E-state index in [0.717, 1.165) is 5.52 Å². The summed E-state index contributed by atoms with van der Waals surface area (Å²) in [6.45, 7) is 3.51. The molecule has 9 heteroatoms. The van der Waals surface area contributed by atoms with E-state index in [1.807, 2.05) is 13.8 Å². The number of hydrogen-bond acceptors (Lipinski definition) is 4. The summed E-state index contributed by atoms with van der Waals surface area (Å²) in [6.07, 6.45) is 0. The minimum atomic E-state index is -0.645. The summed E-state index contributed by atoms with van der Waals surface area (Å²) in [4.78, 5) is 35.6. The summed E-state index contributed by atoms with van der Waals surface area (Å²) in [6, 6.07) is 4.55. The number of imidazole rings is 1. The number of nitrogens with zero attached hydrogens (tertiary/aromatic N) is 2. The average Bonchev–Trinajstić information content (AvgIpc) is 2.76. The van der Waals surface area contributed by atoms with Crippen LogP contribution in [0, 0.1) is 5.92 Å². The number of carbonyl (C=O) groups is 2. The van der Waals surface area contributed by atoms with Crippen LogP contribution in [0.3, 0.4) is 0 Å². The molecule has 1 aromatic heterocycles. The van der Waals surface area contributed by atoms with Gasteiger partial charge in [-0.05, 0) is 24.1 Å². The summed E-state index contributed by atoms with van der Waals surface area (Å²) < 4.78 is 3.04. The molecule has 0 saturated heterocycles. The average molecular weight is 370 g/mol. The molecule has 0 saturated carbocycles. The van der Waals surface area contributed by atoms with Crippen molar-refractivity contribution >= 4 is 40.9 Å². The normalized spacial score (nSPS) is 11.9. The minimum Gasteiger partial charge on any atom is -0.346 e. The molecule has 0 bridgehead atoms. The minimum absolute atomic E-state index is 0. The Labute approximate surface area is 151 Å². The van der Waals surface area contributed by atoms with Gasteiger partial charge in [-0.3, -0.25) is 18.7 Å². The maximum Gasteiger partial charge on any atom is 0.328 e. The molecule has 0 spiro atoms. The monoisotopic (exact) mass is 369 g/mol. The van der Waals surface area contributed by atoms with Gasteiger partial charge < -0.3 is 16.4 Å².